The smallest absolute Gasteiger partial charge is 0.446 e. The molecule has 0 saturated carbocycles. The summed E-state index contributed by atoms with van der Waals surface area (Å²) >= 11 is -0.216. The standard InChI is InChI=1S/C27H26F3NO5S/c1-33-21-10-7-18(14-22(21)34-2)25-20-15-24(36-4)23(35-3)13-17(20)11-12-31(25)26(32)16-5-8-19(9-6-16)37-27(28,29)30/h5-10,13-15,25H,11-12H2,1-4H3/t25-/m1/s1. The number of carbonyl (C=O) groups is 1. The molecule has 0 spiro atoms. The number of methoxy groups -OCH3 is 4. The molecular weight excluding hydrogens is 507 g/mol. The summed E-state index contributed by atoms with van der Waals surface area (Å²) in [5.74, 6) is 1.86. The highest BCUT2D eigenvalue weighted by Gasteiger charge is 2.35. The van der Waals surface area contributed by atoms with Gasteiger partial charge in [-0.05, 0) is 83.4 Å². The van der Waals surface area contributed by atoms with E-state index in [2.05, 4.69) is 0 Å². The van der Waals surface area contributed by atoms with Crippen LogP contribution in [-0.4, -0.2) is 51.3 Å². The van der Waals surface area contributed by atoms with Crippen molar-refractivity contribution in [2.45, 2.75) is 22.9 Å². The number of benzene rings is 3. The zero-order chi connectivity index (χ0) is 26.7. The van der Waals surface area contributed by atoms with Gasteiger partial charge in [-0.25, -0.2) is 0 Å². The van der Waals surface area contributed by atoms with Gasteiger partial charge in [0.25, 0.3) is 5.91 Å². The summed E-state index contributed by atoms with van der Waals surface area (Å²) in [7, 11) is 6.19. The lowest BCUT2D eigenvalue weighted by atomic mass is 9.87. The van der Waals surface area contributed by atoms with Gasteiger partial charge < -0.3 is 23.8 Å². The molecule has 0 aliphatic carbocycles. The van der Waals surface area contributed by atoms with Crippen molar-refractivity contribution in [3.63, 3.8) is 0 Å². The lowest BCUT2D eigenvalue weighted by Gasteiger charge is -2.38. The maximum Gasteiger partial charge on any atom is 0.446 e. The highest BCUT2D eigenvalue weighted by molar-refractivity contribution is 8.00. The van der Waals surface area contributed by atoms with E-state index in [1.807, 2.05) is 24.3 Å². The quantitative estimate of drug-likeness (QED) is 0.341. The Kier molecular flexibility index (Phi) is 7.77. The fraction of sp³-hybridized carbons (Fsp3) is 0.296. The average Bonchev–Trinajstić information content (AvgIpc) is 2.90. The van der Waals surface area contributed by atoms with Gasteiger partial charge in [-0.1, -0.05) is 6.07 Å². The Hall–Kier alpha value is -3.53. The lowest BCUT2D eigenvalue weighted by molar-refractivity contribution is -0.0328. The molecule has 0 radical (unpaired) electrons. The van der Waals surface area contributed by atoms with Crippen molar-refractivity contribution in [2.75, 3.05) is 35.0 Å². The monoisotopic (exact) mass is 533 g/mol. The number of thioether (sulfide) groups is 1. The molecule has 1 aliphatic heterocycles. The predicted molar refractivity (Wildman–Crippen MR) is 134 cm³/mol. The number of amides is 1. The van der Waals surface area contributed by atoms with E-state index >= 15 is 0 Å². The fourth-order valence-electron chi connectivity index (χ4n) is 4.51. The summed E-state index contributed by atoms with van der Waals surface area (Å²) in [5.41, 5.74) is -1.47. The molecule has 1 atom stereocenters. The first kappa shape index (κ1) is 26.5. The van der Waals surface area contributed by atoms with E-state index in [1.54, 1.807) is 32.3 Å². The number of nitrogens with zero attached hydrogens (tertiary/aromatic N) is 1. The Morgan fingerprint density at radius 3 is 2.03 bits per heavy atom. The van der Waals surface area contributed by atoms with E-state index in [1.165, 1.54) is 31.4 Å². The minimum Gasteiger partial charge on any atom is -0.493 e. The molecule has 196 valence electrons. The van der Waals surface area contributed by atoms with Crippen LogP contribution in [0.4, 0.5) is 13.2 Å². The lowest BCUT2D eigenvalue weighted by Crippen LogP contribution is -2.40. The molecule has 1 amide bonds. The summed E-state index contributed by atoms with van der Waals surface area (Å²) in [6.07, 6.45) is 0.563. The molecule has 0 N–H and O–H groups in total. The number of halogens is 3. The molecule has 0 unspecified atom stereocenters. The maximum atomic E-state index is 13.7. The van der Waals surface area contributed by atoms with Crippen molar-refractivity contribution in [1.29, 1.82) is 0 Å². The molecule has 3 aromatic carbocycles. The van der Waals surface area contributed by atoms with E-state index in [-0.39, 0.29) is 22.6 Å². The number of alkyl halides is 3. The van der Waals surface area contributed by atoms with Gasteiger partial charge in [-0.15, -0.1) is 0 Å². The van der Waals surface area contributed by atoms with Gasteiger partial charge in [-0.3, -0.25) is 4.79 Å². The van der Waals surface area contributed by atoms with Crippen molar-refractivity contribution in [3.8, 4) is 23.0 Å². The van der Waals surface area contributed by atoms with E-state index in [0.29, 0.717) is 41.5 Å². The number of carbonyl (C=O) groups excluding carboxylic acids is 1. The van der Waals surface area contributed by atoms with Crippen LogP contribution in [-0.2, 0) is 6.42 Å². The Bertz CT molecular complexity index is 1280. The van der Waals surface area contributed by atoms with E-state index in [4.69, 9.17) is 18.9 Å². The van der Waals surface area contributed by atoms with Crippen molar-refractivity contribution in [3.05, 3.63) is 76.9 Å². The first-order chi connectivity index (χ1) is 17.7. The van der Waals surface area contributed by atoms with Crippen molar-refractivity contribution in [2.24, 2.45) is 0 Å². The Balaban J connectivity index is 1.79. The highest BCUT2D eigenvalue weighted by Crippen LogP contribution is 2.43. The van der Waals surface area contributed by atoms with Gasteiger partial charge in [0.05, 0.1) is 34.5 Å². The third kappa shape index (κ3) is 5.58. The summed E-state index contributed by atoms with van der Waals surface area (Å²) in [6.45, 7) is 0.388. The van der Waals surface area contributed by atoms with Gasteiger partial charge in [-0.2, -0.15) is 13.2 Å². The normalized spacial score (nSPS) is 15.1. The second-order valence-electron chi connectivity index (χ2n) is 8.24. The van der Waals surface area contributed by atoms with Crippen molar-refractivity contribution < 1.29 is 36.9 Å². The number of rotatable bonds is 7. The van der Waals surface area contributed by atoms with Crippen molar-refractivity contribution >= 4 is 17.7 Å². The molecule has 37 heavy (non-hydrogen) atoms. The van der Waals surface area contributed by atoms with Gasteiger partial charge in [0, 0.05) is 17.0 Å². The predicted octanol–water partition coefficient (Wildman–Crippen LogP) is 6.12. The first-order valence-electron chi connectivity index (χ1n) is 11.3. The zero-order valence-electron chi connectivity index (χ0n) is 20.7. The Labute approximate surface area is 217 Å². The number of fused-ring (bicyclic) bond motifs is 1. The average molecular weight is 534 g/mol. The number of hydrogen-bond acceptors (Lipinski definition) is 6. The van der Waals surface area contributed by atoms with Gasteiger partial charge in [0.15, 0.2) is 23.0 Å². The molecule has 0 saturated heterocycles. The summed E-state index contributed by atoms with van der Waals surface area (Å²) in [6, 6.07) is 14.2. The van der Waals surface area contributed by atoms with Crippen LogP contribution in [0.15, 0.2) is 59.5 Å². The number of ether oxygens (including phenoxy) is 4. The van der Waals surface area contributed by atoms with Crippen LogP contribution in [0.25, 0.3) is 0 Å². The van der Waals surface area contributed by atoms with Crippen LogP contribution in [0.5, 0.6) is 23.0 Å². The summed E-state index contributed by atoms with van der Waals surface area (Å²) in [5, 5.41) is 0. The molecule has 4 rings (SSSR count). The molecule has 1 aliphatic rings. The largest absolute Gasteiger partial charge is 0.493 e. The van der Waals surface area contributed by atoms with E-state index < -0.39 is 11.6 Å². The SMILES string of the molecule is COc1ccc([C@@H]2c3cc(OC)c(OC)cc3CCN2C(=O)c2ccc(SC(F)(F)F)cc2)cc1OC. The molecule has 0 fully saturated rings. The van der Waals surface area contributed by atoms with Crippen LogP contribution in [0, 0.1) is 0 Å². The maximum absolute atomic E-state index is 13.7. The van der Waals surface area contributed by atoms with E-state index in [9.17, 15) is 18.0 Å². The topological polar surface area (TPSA) is 57.2 Å². The molecule has 1 heterocycles. The molecule has 3 aromatic rings. The number of hydrogen-bond donors (Lipinski definition) is 0. The first-order valence-corrected chi connectivity index (χ1v) is 12.1. The molecular formula is C27H26F3NO5S. The minimum atomic E-state index is -4.40. The molecule has 0 aromatic heterocycles. The van der Waals surface area contributed by atoms with Crippen LogP contribution in [0.1, 0.15) is 33.1 Å². The molecule has 10 heteroatoms. The van der Waals surface area contributed by atoms with Crippen LogP contribution < -0.4 is 18.9 Å². The van der Waals surface area contributed by atoms with E-state index in [0.717, 1.165) is 16.7 Å². The summed E-state index contributed by atoms with van der Waals surface area (Å²) < 4.78 is 60.1. The second kappa shape index (κ2) is 10.8. The van der Waals surface area contributed by atoms with Gasteiger partial charge in [0.1, 0.15) is 0 Å². The van der Waals surface area contributed by atoms with Crippen LogP contribution in [0.3, 0.4) is 0 Å². The van der Waals surface area contributed by atoms with Crippen LogP contribution >= 0.6 is 11.8 Å². The third-order valence-electron chi connectivity index (χ3n) is 6.19. The van der Waals surface area contributed by atoms with Crippen molar-refractivity contribution in [1.82, 2.24) is 4.90 Å². The van der Waals surface area contributed by atoms with Gasteiger partial charge >= 0.3 is 5.51 Å². The Morgan fingerprint density at radius 2 is 1.43 bits per heavy atom. The summed E-state index contributed by atoms with van der Waals surface area (Å²) in [4.78, 5) is 15.5. The fourth-order valence-corrected chi connectivity index (χ4v) is 5.05. The second-order valence-corrected chi connectivity index (χ2v) is 9.38. The van der Waals surface area contributed by atoms with Gasteiger partial charge in [0.2, 0.25) is 0 Å². The third-order valence-corrected chi connectivity index (χ3v) is 6.93. The molecule has 0 bridgehead atoms. The Morgan fingerprint density at radius 1 is 0.838 bits per heavy atom. The zero-order valence-corrected chi connectivity index (χ0v) is 21.5. The molecule has 6 nitrogen and oxygen atoms in total. The minimum absolute atomic E-state index is 0.0151. The van der Waals surface area contributed by atoms with Crippen LogP contribution in [0.2, 0.25) is 0 Å². The highest BCUT2D eigenvalue weighted by atomic mass is 32.2.